The molecule has 19 heavy (non-hydrogen) atoms. The summed E-state index contributed by atoms with van der Waals surface area (Å²) < 4.78 is 0. The Kier molecular flexibility index (Phi) is 4.24. The summed E-state index contributed by atoms with van der Waals surface area (Å²) in [5.41, 5.74) is 1.06. The van der Waals surface area contributed by atoms with E-state index in [1.165, 1.54) is 0 Å². The molecule has 2 heterocycles. The van der Waals surface area contributed by atoms with Crippen LogP contribution in [0, 0.1) is 6.92 Å². The van der Waals surface area contributed by atoms with Crippen LogP contribution in [0.25, 0.3) is 0 Å². The summed E-state index contributed by atoms with van der Waals surface area (Å²) in [6.45, 7) is 7.39. The lowest BCUT2D eigenvalue weighted by Crippen LogP contribution is -2.34. The summed E-state index contributed by atoms with van der Waals surface area (Å²) >= 11 is 0. The molecule has 0 aromatic carbocycles. The molecule has 1 saturated heterocycles. The fourth-order valence-corrected chi connectivity index (χ4v) is 2.61. The fourth-order valence-electron chi connectivity index (χ4n) is 2.61. The number of aliphatic hydroxyl groups is 1. The lowest BCUT2D eigenvalue weighted by atomic mass is 10.2. The minimum absolute atomic E-state index is 0.190. The van der Waals surface area contributed by atoms with Crippen LogP contribution in [0.1, 0.15) is 44.0 Å². The molecule has 2 N–H and O–H groups in total. The van der Waals surface area contributed by atoms with Crippen molar-refractivity contribution in [2.75, 3.05) is 30.4 Å². The largest absolute Gasteiger partial charge is 0.394 e. The zero-order chi connectivity index (χ0) is 14.0. The van der Waals surface area contributed by atoms with E-state index in [1.54, 1.807) is 0 Å². The van der Waals surface area contributed by atoms with Crippen molar-refractivity contribution in [1.82, 2.24) is 9.97 Å². The van der Waals surface area contributed by atoms with Crippen molar-refractivity contribution in [2.24, 2.45) is 0 Å². The van der Waals surface area contributed by atoms with E-state index in [0.717, 1.165) is 42.4 Å². The van der Waals surface area contributed by atoms with Crippen LogP contribution in [0.3, 0.4) is 0 Å². The van der Waals surface area contributed by atoms with Crippen molar-refractivity contribution in [3.63, 3.8) is 0 Å². The number of rotatable bonds is 4. The molecule has 5 heteroatoms. The summed E-state index contributed by atoms with van der Waals surface area (Å²) in [6.07, 6.45) is 2.15. The zero-order valence-corrected chi connectivity index (χ0v) is 12.3. The van der Waals surface area contributed by atoms with Crippen LogP contribution >= 0.6 is 0 Å². The van der Waals surface area contributed by atoms with Gasteiger partial charge >= 0.3 is 0 Å². The predicted molar refractivity (Wildman–Crippen MR) is 77.9 cm³/mol. The van der Waals surface area contributed by atoms with E-state index >= 15 is 0 Å². The highest BCUT2D eigenvalue weighted by Crippen LogP contribution is 2.30. The summed E-state index contributed by atoms with van der Waals surface area (Å²) in [7, 11) is 1.89. The molecule has 2 rings (SSSR count). The number of nitrogens with one attached hydrogen (secondary N) is 1. The number of aromatic nitrogens is 2. The Bertz CT molecular complexity index is 447. The predicted octanol–water partition coefficient (Wildman–Crippen LogP) is 1.91. The maximum absolute atomic E-state index is 9.49. The molecular weight excluding hydrogens is 240 g/mol. The molecule has 0 aliphatic carbocycles. The first-order valence-electron chi connectivity index (χ1n) is 7.02. The van der Waals surface area contributed by atoms with Gasteiger partial charge in [-0.3, -0.25) is 0 Å². The number of hydrogen-bond donors (Lipinski definition) is 2. The second-order valence-electron chi connectivity index (χ2n) is 5.46. The molecule has 1 atom stereocenters. The van der Waals surface area contributed by atoms with Gasteiger partial charge in [0.05, 0.1) is 12.6 Å². The molecule has 1 unspecified atom stereocenters. The quantitative estimate of drug-likeness (QED) is 0.870. The molecule has 1 aromatic heterocycles. The standard InChI is InChI=1S/C14H24N4O/c1-9(2)12-16-13(15-4)10(3)14(17-12)18-7-5-6-11(18)8-19/h9,11,19H,5-8H2,1-4H3,(H,15,16,17). The normalized spacial score (nSPS) is 19.3. The smallest absolute Gasteiger partial charge is 0.137 e. The van der Waals surface area contributed by atoms with Crippen molar-refractivity contribution < 1.29 is 5.11 Å². The molecule has 1 aliphatic heterocycles. The first kappa shape index (κ1) is 14.1. The van der Waals surface area contributed by atoms with Gasteiger partial charge in [0.25, 0.3) is 0 Å². The molecule has 1 aliphatic rings. The third-order valence-electron chi connectivity index (χ3n) is 3.75. The minimum atomic E-state index is 0.190. The Morgan fingerprint density at radius 1 is 1.42 bits per heavy atom. The Labute approximate surface area is 115 Å². The summed E-state index contributed by atoms with van der Waals surface area (Å²) in [5.74, 6) is 3.01. The molecule has 5 nitrogen and oxygen atoms in total. The molecule has 0 saturated carbocycles. The zero-order valence-electron chi connectivity index (χ0n) is 12.3. The second kappa shape index (κ2) is 5.74. The Morgan fingerprint density at radius 3 is 2.74 bits per heavy atom. The van der Waals surface area contributed by atoms with E-state index in [-0.39, 0.29) is 12.6 Å². The van der Waals surface area contributed by atoms with Crippen LogP contribution in [-0.2, 0) is 0 Å². The van der Waals surface area contributed by atoms with Crippen LogP contribution in [0.15, 0.2) is 0 Å². The highest BCUT2D eigenvalue weighted by atomic mass is 16.3. The molecule has 0 amide bonds. The van der Waals surface area contributed by atoms with Gasteiger partial charge in [-0.25, -0.2) is 9.97 Å². The molecule has 1 fully saturated rings. The number of hydrogen-bond acceptors (Lipinski definition) is 5. The fraction of sp³-hybridized carbons (Fsp3) is 0.714. The van der Waals surface area contributed by atoms with Gasteiger partial charge in [-0.2, -0.15) is 0 Å². The topological polar surface area (TPSA) is 61.3 Å². The monoisotopic (exact) mass is 264 g/mol. The van der Waals surface area contributed by atoms with E-state index in [4.69, 9.17) is 4.98 Å². The third-order valence-corrected chi connectivity index (χ3v) is 3.75. The van der Waals surface area contributed by atoms with Gasteiger partial charge in [0.15, 0.2) is 0 Å². The van der Waals surface area contributed by atoms with Gasteiger partial charge in [0, 0.05) is 25.1 Å². The van der Waals surface area contributed by atoms with Gasteiger partial charge in [-0.05, 0) is 19.8 Å². The van der Waals surface area contributed by atoms with E-state index < -0.39 is 0 Å². The van der Waals surface area contributed by atoms with Gasteiger partial charge in [-0.1, -0.05) is 13.8 Å². The number of anilines is 2. The van der Waals surface area contributed by atoms with Gasteiger partial charge in [-0.15, -0.1) is 0 Å². The first-order valence-corrected chi connectivity index (χ1v) is 7.02. The van der Waals surface area contributed by atoms with Gasteiger partial charge < -0.3 is 15.3 Å². The minimum Gasteiger partial charge on any atom is -0.394 e. The summed E-state index contributed by atoms with van der Waals surface area (Å²) in [5, 5.41) is 12.6. The van der Waals surface area contributed by atoms with Gasteiger partial charge in [0.2, 0.25) is 0 Å². The average Bonchev–Trinajstić information content (AvgIpc) is 2.86. The van der Waals surface area contributed by atoms with Crippen molar-refractivity contribution in [3.05, 3.63) is 11.4 Å². The molecular formula is C14H24N4O. The molecule has 0 spiro atoms. The van der Waals surface area contributed by atoms with Crippen LogP contribution in [0.2, 0.25) is 0 Å². The SMILES string of the molecule is CNc1nc(C(C)C)nc(N2CCCC2CO)c1C. The highest BCUT2D eigenvalue weighted by Gasteiger charge is 2.27. The Morgan fingerprint density at radius 2 is 2.16 bits per heavy atom. The Balaban J connectivity index is 2.45. The van der Waals surface area contributed by atoms with Crippen molar-refractivity contribution in [2.45, 2.75) is 45.6 Å². The van der Waals surface area contributed by atoms with E-state index in [2.05, 4.69) is 29.0 Å². The van der Waals surface area contributed by atoms with E-state index in [0.29, 0.717) is 5.92 Å². The maximum atomic E-state index is 9.49. The first-order chi connectivity index (χ1) is 9.08. The second-order valence-corrected chi connectivity index (χ2v) is 5.46. The van der Waals surface area contributed by atoms with Crippen molar-refractivity contribution in [1.29, 1.82) is 0 Å². The highest BCUT2D eigenvalue weighted by molar-refractivity contribution is 5.59. The van der Waals surface area contributed by atoms with E-state index in [1.807, 2.05) is 14.0 Å². The van der Waals surface area contributed by atoms with Crippen LogP contribution in [0.4, 0.5) is 11.6 Å². The lowest BCUT2D eigenvalue weighted by molar-refractivity contribution is 0.266. The maximum Gasteiger partial charge on any atom is 0.137 e. The molecule has 1 aromatic rings. The Hall–Kier alpha value is -1.36. The number of aliphatic hydroxyl groups excluding tert-OH is 1. The van der Waals surface area contributed by atoms with Crippen LogP contribution < -0.4 is 10.2 Å². The molecule has 0 radical (unpaired) electrons. The molecule has 0 bridgehead atoms. The average molecular weight is 264 g/mol. The van der Waals surface area contributed by atoms with Crippen molar-refractivity contribution in [3.8, 4) is 0 Å². The number of nitrogens with zero attached hydrogens (tertiary/aromatic N) is 3. The van der Waals surface area contributed by atoms with Crippen LogP contribution in [0.5, 0.6) is 0 Å². The third kappa shape index (κ3) is 2.66. The van der Waals surface area contributed by atoms with Crippen molar-refractivity contribution >= 4 is 11.6 Å². The van der Waals surface area contributed by atoms with Crippen LogP contribution in [-0.4, -0.2) is 41.3 Å². The lowest BCUT2D eigenvalue weighted by Gasteiger charge is -2.27. The van der Waals surface area contributed by atoms with Gasteiger partial charge in [0.1, 0.15) is 17.5 Å². The summed E-state index contributed by atoms with van der Waals surface area (Å²) in [6, 6.07) is 0.193. The van der Waals surface area contributed by atoms with E-state index in [9.17, 15) is 5.11 Å². The summed E-state index contributed by atoms with van der Waals surface area (Å²) in [4.78, 5) is 11.5. The molecule has 106 valence electrons.